The van der Waals surface area contributed by atoms with E-state index in [1.165, 1.54) is 17.8 Å². The molecule has 316 valence electrons. The fourth-order valence-corrected chi connectivity index (χ4v) is 12.0. The van der Waals surface area contributed by atoms with Crippen molar-refractivity contribution < 1.29 is 14.9 Å². The van der Waals surface area contributed by atoms with Crippen LogP contribution in [0.25, 0.3) is 15.8 Å². The number of hydrogen-bond donors (Lipinski definition) is 6. The highest BCUT2D eigenvalue weighted by molar-refractivity contribution is 7.22. The third kappa shape index (κ3) is 8.59. The third-order valence-corrected chi connectivity index (χ3v) is 14.6. The molecule has 5 heterocycles. The molecule has 2 saturated carbocycles. The van der Waals surface area contributed by atoms with E-state index in [0.29, 0.717) is 47.1 Å². The monoisotopic (exact) mass is 822 g/mol. The molecule has 3 aliphatic heterocycles. The van der Waals surface area contributed by atoms with Crippen LogP contribution in [0.3, 0.4) is 0 Å². The van der Waals surface area contributed by atoms with Crippen LogP contribution in [0.1, 0.15) is 90.3 Å². The molecule has 4 fully saturated rings. The first-order valence-electron chi connectivity index (χ1n) is 21.4. The van der Waals surface area contributed by atoms with Crippen molar-refractivity contribution in [1.29, 1.82) is 5.41 Å². The zero-order valence-corrected chi connectivity index (χ0v) is 36.2. The second-order valence-corrected chi connectivity index (χ2v) is 19.3. The molecule has 4 atom stereocenters. The van der Waals surface area contributed by atoms with Gasteiger partial charge in [0.2, 0.25) is 5.13 Å². The number of piperidine rings is 1. The maximum absolute atomic E-state index is 10.7. The number of nitrogens with one attached hydrogen (secondary N) is 3. The van der Waals surface area contributed by atoms with E-state index in [0.717, 1.165) is 117 Å². The van der Waals surface area contributed by atoms with Gasteiger partial charge < -0.3 is 36.2 Å². The Balaban J connectivity index is 0.974. The molecular formula is C45H62N10O3S. The minimum atomic E-state index is -0.812. The lowest BCUT2D eigenvalue weighted by atomic mass is 9.51. The topological polar surface area (TPSA) is 173 Å². The highest BCUT2D eigenvalue weighted by Gasteiger charge is 2.53. The third-order valence-electron chi connectivity index (χ3n) is 13.7. The number of dihydropyridines is 1. The Morgan fingerprint density at radius 1 is 1.10 bits per heavy atom. The van der Waals surface area contributed by atoms with E-state index in [4.69, 9.17) is 15.6 Å². The first kappa shape index (κ1) is 41.2. The van der Waals surface area contributed by atoms with Crippen LogP contribution in [0.15, 0.2) is 76.2 Å². The van der Waals surface area contributed by atoms with Gasteiger partial charge in [0.05, 0.1) is 28.6 Å². The first-order chi connectivity index (χ1) is 28.3. The Kier molecular flexibility index (Phi) is 11.5. The quantitative estimate of drug-likeness (QED) is 0.0640. The molecule has 7 N–H and O–H groups in total. The molecular weight excluding hydrogens is 761 g/mol. The predicted molar refractivity (Wildman–Crippen MR) is 237 cm³/mol. The van der Waals surface area contributed by atoms with E-state index in [9.17, 15) is 15.6 Å². The van der Waals surface area contributed by atoms with Gasteiger partial charge >= 0.3 is 0 Å². The van der Waals surface area contributed by atoms with Gasteiger partial charge in [-0.15, -0.1) is 0 Å². The van der Waals surface area contributed by atoms with Crippen LogP contribution in [0.4, 0.5) is 5.13 Å². The molecule has 3 aromatic rings. The summed E-state index contributed by atoms with van der Waals surface area (Å²) in [6.07, 6.45) is 13.9. The summed E-state index contributed by atoms with van der Waals surface area (Å²) in [5.41, 5.74) is 11.8. The number of allylic oxidation sites excluding steroid dienone is 3. The Labute approximate surface area is 352 Å². The van der Waals surface area contributed by atoms with Crippen LogP contribution in [-0.2, 0) is 11.3 Å². The fourth-order valence-electron chi connectivity index (χ4n) is 11.2. The van der Waals surface area contributed by atoms with Crippen molar-refractivity contribution in [2.75, 3.05) is 45.9 Å². The molecule has 2 bridgehead atoms. The molecule has 5 aliphatic rings. The van der Waals surface area contributed by atoms with E-state index in [2.05, 4.69) is 57.9 Å². The van der Waals surface area contributed by atoms with Gasteiger partial charge in [-0.05, 0) is 119 Å². The Bertz CT molecular complexity index is 2210. The molecule has 3 unspecified atom stereocenters. The van der Waals surface area contributed by atoms with Crippen LogP contribution >= 0.6 is 11.3 Å². The maximum Gasteiger partial charge on any atom is 0.299 e. The largest absolute Gasteiger partial charge is 0.480 e. The van der Waals surface area contributed by atoms with Gasteiger partial charge in [0.25, 0.3) is 5.95 Å². The van der Waals surface area contributed by atoms with Crippen molar-refractivity contribution in [3.05, 3.63) is 82.5 Å². The second kappa shape index (κ2) is 16.5. The first-order valence-corrected chi connectivity index (χ1v) is 22.3. The summed E-state index contributed by atoms with van der Waals surface area (Å²) < 4.78 is 9.93. The lowest BCUT2D eigenvalue weighted by Crippen LogP contribution is -2.52. The van der Waals surface area contributed by atoms with Crippen LogP contribution in [-0.4, -0.2) is 97.9 Å². The van der Waals surface area contributed by atoms with E-state index >= 15 is 0 Å². The summed E-state index contributed by atoms with van der Waals surface area (Å²) in [5.74, 6) is 1.00. The molecule has 59 heavy (non-hydrogen) atoms. The zero-order chi connectivity index (χ0) is 41.5. The number of ether oxygens (including phenoxy) is 1. The number of likely N-dealkylation sites (tertiary alicyclic amines) is 1. The number of aliphatic hydroxyl groups excluding tert-OH is 1. The lowest BCUT2D eigenvalue weighted by Gasteiger charge is -2.57. The highest BCUT2D eigenvalue weighted by atomic mass is 32.1. The van der Waals surface area contributed by atoms with Crippen LogP contribution in [0.5, 0.6) is 0 Å². The summed E-state index contributed by atoms with van der Waals surface area (Å²) in [5, 5.41) is 42.8. The van der Waals surface area contributed by atoms with Gasteiger partial charge in [-0.1, -0.05) is 37.3 Å². The minimum absolute atomic E-state index is 0.0922. The molecule has 2 aromatic heterocycles. The summed E-state index contributed by atoms with van der Waals surface area (Å²) >= 11 is 1.48. The predicted octanol–water partition coefficient (Wildman–Crippen LogP) is 7.67. The van der Waals surface area contributed by atoms with Crippen molar-refractivity contribution in [1.82, 2.24) is 35.2 Å². The van der Waals surface area contributed by atoms with E-state index in [-0.39, 0.29) is 22.1 Å². The van der Waals surface area contributed by atoms with Crippen LogP contribution < -0.4 is 16.4 Å². The van der Waals surface area contributed by atoms with Crippen molar-refractivity contribution >= 4 is 43.9 Å². The highest BCUT2D eigenvalue weighted by Crippen LogP contribution is 2.60. The molecule has 2 aliphatic carbocycles. The molecule has 14 heteroatoms. The van der Waals surface area contributed by atoms with Crippen LogP contribution in [0.2, 0.25) is 0 Å². The fraction of sp³-hybridized carbons (Fsp3) is 0.556. The number of fused-ring (bicyclic) bond motifs is 3. The average molecular weight is 823 g/mol. The molecule has 2 saturated heterocycles. The Morgan fingerprint density at radius 2 is 1.90 bits per heavy atom. The summed E-state index contributed by atoms with van der Waals surface area (Å²) in [6, 6.07) is 7.89. The number of nitrogens with zero attached hydrogens (tertiary/aromatic N) is 6. The van der Waals surface area contributed by atoms with Crippen molar-refractivity contribution in [3.8, 4) is 0 Å². The standard InChI is InChI=1S/C45H62N10O3S/c1-6-45(24-31-22-43(4,27-45)26-44(5,23-31)58-21-20-53-18-15-48-16-19-53)28-55-30(3)34(25-49-55)33-13-14-37(51-38(33)41(56)57)54-17-9-10-32(40(54)47)29(2)39(46)52-42-50-35-11-7-8-12-36(35)59-42/h7-8,11-14,25,31,47-48,51,56-57H,6,9-10,15-24,26-28H2,1-5H3,(H2,46,50,52)/b32-29-,47-40?/t31?,43-,44?,45?/m1/s1. The van der Waals surface area contributed by atoms with E-state index in [1.807, 2.05) is 54.4 Å². The zero-order valence-electron chi connectivity index (χ0n) is 35.4. The summed E-state index contributed by atoms with van der Waals surface area (Å²) in [7, 11) is 0. The summed E-state index contributed by atoms with van der Waals surface area (Å²) in [4.78, 5) is 13.6. The molecule has 13 nitrogen and oxygen atoms in total. The number of rotatable bonds is 11. The van der Waals surface area contributed by atoms with Gasteiger partial charge in [0.15, 0.2) is 0 Å². The number of benzene rings is 1. The maximum atomic E-state index is 10.7. The molecule has 1 aromatic carbocycles. The molecule has 0 amide bonds. The normalized spacial score (nSPS) is 29.0. The number of aromatic nitrogens is 3. The molecule has 8 rings (SSSR count). The van der Waals surface area contributed by atoms with Gasteiger partial charge in [-0.3, -0.25) is 15.0 Å². The number of amidine groups is 2. The Hall–Kier alpha value is -4.50. The Morgan fingerprint density at radius 3 is 2.64 bits per heavy atom. The van der Waals surface area contributed by atoms with Gasteiger partial charge in [-0.2, -0.15) is 5.10 Å². The number of hydrogen-bond acceptors (Lipinski definition) is 11. The smallest absolute Gasteiger partial charge is 0.299 e. The number of thiazole rings is 1. The van der Waals surface area contributed by atoms with E-state index < -0.39 is 5.95 Å². The number of aliphatic imine (C=N–C) groups is 1. The minimum Gasteiger partial charge on any atom is -0.480 e. The molecule has 0 spiro atoms. The van der Waals surface area contributed by atoms with Crippen LogP contribution in [0, 0.1) is 29.1 Å². The van der Waals surface area contributed by atoms with Crippen molar-refractivity contribution in [2.24, 2.45) is 27.5 Å². The number of piperazine rings is 1. The van der Waals surface area contributed by atoms with Crippen molar-refractivity contribution in [2.45, 2.75) is 98.1 Å². The van der Waals surface area contributed by atoms with E-state index in [1.54, 1.807) is 0 Å². The van der Waals surface area contributed by atoms with Gasteiger partial charge in [-0.25, -0.2) is 9.98 Å². The van der Waals surface area contributed by atoms with Gasteiger partial charge in [0.1, 0.15) is 23.2 Å². The number of aliphatic hydroxyl groups is 2. The van der Waals surface area contributed by atoms with Gasteiger partial charge in [0, 0.05) is 68.2 Å². The summed E-state index contributed by atoms with van der Waals surface area (Å²) in [6.45, 7) is 18.7. The lowest BCUT2D eigenvalue weighted by molar-refractivity contribution is -0.145. The second-order valence-electron chi connectivity index (χ2n) is 18.3. The average Bonchev–Trinajstić information content (AvgIpc) is 3.78. The van der Waals surface area contributed by atoms with Crippen molar-refractivity contribution in [3.63, 3.8) is 0 Å². The number of para-hydroxylation sites is 1. The SMILES string of the molecule is CCC1(Cn2ncc(C3=CC=C(N4CCC/C(=C(C)/C(N)=N\c5nc6ccccc6s5)C4=N)NC3=C(O)O)c2C)CC2CC(C)(OCCN3CCNCC3)C[C@@](C)(C2)C1. The molecule has 0 radical (unpaired) electrons. The number of nitrogens with two attached hydrogens (primary N) is 1.